The van der Waals surface area contributed by atoms with E-state index < -0.39 is 5.97 Å². The van der Waals surface area contributed by atoms with Crippen molar-refractivity contribution in [1.29, 1.82) is 11.1 Å². The molecule has 0 spiro atoms. The Hall–Kier alpha value is -1.79. The van der Waals surface area contributed by atoms with E-state index in [0.717, 1.165) is 11.3 Å². The third-order valence-corrected chi connectivity index (χ3v) is 3.41. The maximum absolute atomic E-state index is 11.0. The van der Waals surface area contributed by atoms with E-state index >= 15 is 0 Å². The maximum atomic E-state index is 11.0. The molecule has 6 nitrogen and oxygen atoms in total. The SMILES string of the molecule is N=[N+]=N.O=C(O)c1scnc1-c1c(Cl)cccc1Cl. The second-order valence-electron chi connectivity index (χ2n) is 3.04. The van der Waals surface area contributed by atoms with E-state index in [1.807, 2.05) is 4.91 Å². The summed E-state index contributed by atoms with van der Waals surface area (Å²) >= 11 is 13.0. The Morgan fingerprint density at radius 1 is 1.32 bits per heavy atom. The predicted octanol–water partition coefficient (Wildman–Crippen LogP) is 3.93. The van der Waals surface area contributed by atoms with Gasteiger partial charge in [-0.1, -0.05) is 29.3 Å². The van der Waals surface area contributed by atoms with Crippen LogP contribution >= 0.6 is 34.5 Å². The minimum Gasteiger partial charge on any atom is -0.477 e. The summed E-state index contributed by atoms with van der Waals surface area (Å²) in [5, 5.41) is 9.76. The van der Waals surface area contributed by atoms with Crippen LogP contribution in [0.3, 0.4) is 0 Å². The smallest absolute Gasteiger partial charge is 0.348 e. The van der Waals surface area contributed by atoms with Gasteiger partial charge in [-0.25, -0.2) is 9.78 Å². The van der Waals surface area contributed by atoms with Gasteiger partial charge in [-0.05, 0) is 12.1 Å². The molecule has 0 unspecified atom stereocenters. The monoisotopic (exact) mass is 317 g/mol. The summed E-state index contributed by atoms with van der Waals surface area (Å²) in [6, 6.07) is 4.99. The lowest BCUT2D eigenvalue weighted by molar-refractivity contribution is 0.0702. The number of carboxylic acid groups (broad SMARTS) is 1. The molecule has 1 aromatic carbocycles. The molecule has 0 fully saturated rings. The summed E-state index contributed by atoms with van der Waals surface area (Å²) in [5.41, 5.74) is 13.2. The largest absolute Gasteiger partial charge is 0.477 e. The lowest BCUT2D eigenvalue weighted by Gasteiger charge is -2.04. The fourth-order valence-corrected chi connectivity index (χ4v) is 2.51. The van der Waals surface area contributed by atoms with Crippen molar-refractivity contribution < 1.29 is 9.90 Å². The number of halogens is 2. The number of nitrogens with zero attached hydrogens (tertiary/aromatic N) is 2. The van der Waals surface area contributed by atoms with Crippen LogP contribution in [0.4, 0.5) is 0 Å². The van der Waals surface area contributed by atoms with Crippen LogP contribution in [0.1, 0.15) is 9.67 Å². The molecule has 0 aliphatic carbocycles. The van der Waals surface area contributed by atoms with Gasteiger partial charge in [0.2, 0.25) is 4.91 Å². The average molecular weight is 318 g/mol. The third-order valence-electron chi connectivity index (χ3n) is 1.96. The highest BCUT2D eigenvalue weighted by Crippen LogP contribution is 2.36. The summed E-state index contributed by atoms with van der Waals surface area (Å²) in [4.78, 5) is 17.1. The summed E-state index contributed by atoms with van der Waals surface area (Å²) < 4.78 is 0. The Kier molecular flexibility index (Phi) is 5.59. The van der Waals surface area contributed by atoms with Crippen molar-refractivity contribution in [3.63, 3.8) is 0 Å². The van der Waals surface area contributed by atoms with Crippen molar-refractivity contribution >= 4 is 40.5 Å². The van der Waals surface area contributed by atoms with Crippen molar-refractivity contribution in [2.75, 3.05) is 0 Å². The Morgan fingerprint density at radius 2 is 1.84 bits per heavy atom. The Morgan fingerprint density at radius 3 is 2.32 bits per heavy atom. The molecule has 0 aliphatic rings. The number of carboxylic acids is 1. The molecule has 0 saturated heterocycles. The van der Waals surface area contributed by atoms with Crippen LogP contribution < -0.4 is 4.91 Å². The standard InChI is InChI=1S/C10H5Cl2NO2S.H2N3/c11-5-2-1-3-6(12)7(5)8-9(10(14)15)16-4-13-8;1-3-2/h1-4H,(H,14,15);1-2H/q;+1. The van der Waals surface area contributed by atoms with E-state index in [-0.39, 0.29) is 4.88 Å². The number of hydrogen-bond donors (Lipinski definition) is 3. The van der Waals surface area contributed by atoms with E-state index in [2.05, 4.69) is 4.98 Å². The molecule has 1 aromatic heterocycles. The molecule has 2 rings (SSSR count). The first-order chi connectivity index (χ1) is 9.02. The normalized spacial score (nSPS) is 9.16. The van der Waals surface area contributed by atoms with Crippen LogP contribution in [0, 0.1) is 11.1 Å². The molecule has 0 saturated carbocycles. The fraction of sp³-hybridized carbons (Fsp3) is 0. The lowest BCUT2D eigenvalue weighted by Crippen LogP contribution is -1.96. The Bertz CT molecular complexity index is 618. The number of aromatic carboxylic acids is 1. The van der Waals surface area contributed by atoms with Gasteiger partial charge in [0.25, 0.3) is 0 Å². The van der Waals surface area contributed by atoms with Crippen LogP contribution in [0.25, 0.3) is 11.3 Å². The van der Waals surface area contributed by atoms with Gasteiger partial charge in [-0.2, -0.15) is 0 Å². The lowest BCUT2D eigenvalue weighted by atomic mass is 10.1. The first-order valence-electron chi connectivity index (χ1n) is 4.67. The van der Waals surface area contributed by atoms with E-state index in [1.165, 1.54) is 5.51 Å². The molecule has 2 aromatic rings. The summed E-state index contributed by atoms with van der Waals surface area (Å²) in [6.45, 7) is 0. The van der Waals surface area contributed by atoms with Gasteiger partial charge >= 0.3 is 5.97 Å². The van der Waals surface area contributed by atoms with E-state index in [0.29, 0.717) is 21.3 Å². The highest BCUT2D eigenvalue weighted by molar-refractivity contribution is 7.12. The van der Waals surface area contributed by atoms with Gasteiger partial charge < -0.3 is 5.11 Å². The Balaban J connectivity index is 0.000000550. The van der Waals surface area contributed by atoms with Crippen LogP contribution in [0.5, 0.6) is 0 Å². The van der Waals surface area contributed by atoms with Crippen LogP contribution in [-0.4, -0.2) is 16.1 Å². The number of benzene rings is 1. The highest BCUT2D eigenvalue weighted by atomic mass is 35.5. The number of thiazole rings is 1. The fourth-order valence-electron chi connectivity index (χ4n) is 1.30. The highest BCUT2D eigenvalue weighted by Gasteiger charge is 2.19. The number of carbonyl (C=O) groups is 1. The van der Waals surface area contributed by atoms with Crippen molar-refractivity contribution in [3.8, 4) is 11.3 Å². The number of rotatable bonds is 2. The molecule has 1 heterocycles. The van der Waals surface area contributed by atoms with E-state index in [9.17, 15) is 4.79 Å². The van der Waals surface area contributed by atoms with Crippen LogP contribution in [-0.2, 0) is 0 Å². The van der Waals surface area contributed by atoms with Gasteiger partial charge in [0.1, 0.15) is 15.9 Å². The van der Waals surface area contributed by atoms with Gasteiger partial charge in [0.05, 0.1) is 21.2 Å². The minimum atomic E-state index is -1.03. The van der Waals surface area contributed by atoms with Crippen molar-refractivity contribution in [3.05, 3.63) is 38.6 Å². The molecule has 98 valence electrons. The molecule has 19 heavy (non-hydrogen) atoms. The van der Waals surface area contributed by atoms with Crippen molar-refractivity contribution in [1.82, 2.24) is 9.90 Å². The number of hydrogen-bond acceptors (Lipinski definition) is 5. The zero-order chi connectivity index (χ0) is 14.4. The van der Waals surface area contributed by atoms with Gasteiger partial charge in [0.15, 0.2) is 0 Å². The van der Waals surface area contributed by atoms with Gasteiger partial charge in [-0.3, -0.25) is 0 Å². The number of nitrogens with one attached hydrogen (secondary N) is 2. The summed E-state index contributed by atoms with van der Waals surface area (Å²) in [5.74, 6) is -1.03. The summed E-state index contributed by atoms with van der Waals surface area (Å²) in [7, 11) is 0. The predicted molar refractivity (Wildman–Crippen MR) is 72.1 cm³/mol. The molecule has 9 heteroatoms. The van der Waals surface area contributed by atoms with Gasteiger partial charge in [0, 0.05) is 5.56 Å². The van der Waals surface area contributed by atoms with E-state index in [1.54, 1.807) is 18.2 Å². The second kappa shape index (κ2) is 6.96. The van der Waals surface area contributed by atoms with Gasteiger partial charge in [-0.15, -0.1) is 11.3 Å². The summed E-state index contributed by atoms with van der Waals surface area (Å²) in [6.07, 6.45) is 0. The zero-order valence-electron chi connectivity index (χ0n) is 9.22. The van der Waals surface area contributed by atoms with Crippen molar-refractivity contribution in [2.24, 2.45) is 0 Å². The number of aromatic nitrogens is 1. The molecule has 0 bridgehead atoms. The first kappa shape index (κ1) is 15.3. The molecule has 0 amide bonds. The quantitative estimate of drug-likeness (QED) is 0.576. The molecule has 0 aliphatic heterocycles. The molecule has 3 N–H and O–H groups in total. The van der Waals surface area contributed by atoms with E-state index in [4.69, 9.17) is 39.4 Å². The first-order valence-corrected chi connectivity index (χ1v) is 6.30. The maximum Gasteiger partial charge on any atom is 0.348 e. The Labute approximate surface area is 121 Å². The third kappa shape index (κ3) is 3.59. The minimum absolute atomic E-state index is 0.134. The van der Waals surface area contributed by atoms with Crippen LogP contribution in [0.2, 0.25) is 10.0 Å². The average Bonchev–Trinajstić information content (AvgIpc) is 2.79. The molecular weight excluding hydrogens is 311 g/mol. The zero-order valence-corrected chi connectivity index (χ0v) is 11.6. The second-order valence-corrected chi connectivity index (χ2v) is 4.71. The molecule has 0 radical (unpaired) electrons. The van der Waals surface area contributed by atoms with Crippen LogP contribution in [0.15, 0.2) is 23.7 Å². The van der Waals surface area contributed by atoms with Crippen molar-refractivity contribution in [2.45, 2.75) is 0 Å². The molecular formula is C10H7Cl2N4O2S+. The molecule has 0 atom stereocenters. The topological polar surface area (TPSA) is 112 Å².